The SMILES string of the molecule is CCNNC(=O)c1coc(Br)n1. The zero-order valence-corrected chi connectivity index (χ0v) is 8.01. The van der Waals surface area contributed by atoms with Crippen molar-refractivity contribution in [3.8, 4) is 0 Å². The number of hydrogen-bond donors (Lipinski definition) is 2. The number of oxazole rings is 1. The maximum absolute atomic E-state index is 11.1. The molecule has 1 heterocycles. The molecule has 12 heavy (non-hydrogen) atoms. The zero-order chi connectivity index (χ0) is 8.97. The highest BCUT2D eigenvalue weighted by molar-refractivity contribution is 9.10. The first-order valence-electron chi connectivity index (χ1n) is 3.38. The number of hydrazine groups is 1. The number of nitrogens with one attached hydrogen (secondary N) is 2. The van der Waals surface area contributed by atoms with Crippen LogP contribution in [0.3, 0.4) is 0 Å². The van der Waals surface area contributed by atoms with Crippen LogP contribution in [0.5, 0.6) is 0 Å². The van der Waals surface area contributed by atoms with E-state index < -0.39 is 0 Å². The second-order valence-corrected chi connectivity index (χ2v) is 2.65. The Balaban J connectivity index is 2.53. The van der Waals surface area contributed by atoms with Gasteiger partial charge in [-0.2, -0.15) is 4.98 Å². The van der Waals surface area contributed by atoms with Crippen LogP contribution >= 0.6 is 15.9 Å². The molecular formula is C6H8BrN3O2. The number of carbonyl (C=O) groups excluding carboxylic acids is 1. The minimum absolute atomic E-state index is 0.239. The van der Waals surface area contributed by atoms with Crippen molar-refractivity contribution in [1.82, 2.24) is 15.8 Å². The summed E-state index contributed by atoms with van der Waals surface area (Å²) in [6, 6.07) is 0. The van der Waals surface area contributed by atoms with E-state index in [1.54, 1.807) is 0 Å². The smallest absolute Gasteiger partial charge is 0.287 e. The second-order valence-electron chi connectivity index (χ2n) is 1.97. The van der Waals surface area contributed by atoms with Crippen molar-refractivity contribution >= 4 is 21.8 Å². The Bertz CT molecular complexity index is 274. The highest BCUT2D eigenvalue weighted by Gasteiger charge is 2.09. The summed E-state index contributed by atoms with van der Waals surface area (Å²) in [5.41, 5.74) is 5.33. The van der Waals surface area contributed by atoms with E-state index in [4.69, 9.17) is 4.42 Å². The van der Waals surface area contributed by atoms with Gasteiger partial charge in [-0.25, -0.2) is 5.43 Å². The van der Waals surface area contributed by atoms with Gasteiger partial charge in [0.2, 0.25) is 0 Å². The van der Waals surface area contributed by atoms with E-state index in [0.717, 1.165) is 0 Å². The molecule has 1 aromatic rings. The Morgan fingerprint density at radius 2 is 2.58 bits per heavy atom. The molecule has 0 aliphatic carbocycles. The molecule has 0 aromatic carbocycles. The maximum Gasteiger partial charge on any atom is 0.287 e. The van der Waals surface area contributed by atoms with Gasteiger partial charge in [-0.15, -0.1) is 0 Å². The fraction of sp³-hybridized carbons (Fsp3) is 0.333. The van der Waals surface area contributed by atoms with Crippen LogP contribution in [0.1, 0.15) is 17.4 Å². The fourth-order valence-corrected chi connectivity index (χ4v) is 0.873. The lowest BCUT2D eigenvalue weighted by Crippen LogP contribution is -2.37. The minimum atomic E-state index is -0.314. The lowest BCUT2D eigenvalue weighted by atomic mass is 10.5. The molecule has 0 spiro atoms. The van der Waals surface area contributed by atoms with Gasteiger partial charge in [0.05, 0.1) is 0 Å². The summed E-state index contributed by atoms with van der Waals surface area (Å²) < 4.78 is 4.78. The van der Waals surface area contributed by atoms with E-state index in [2.05, 4.69) is 31.8 Å². The Hall–Kier alpha value is -0.880. The lowest BCUT2D eigenvalue weighted by molar-refractivity contribution is 0.0929. The van der Waals surface area contributed by atoms with Crippen LogP contribution in [0.2, 0.25) is 0 Å². The molecular weight excluding hydrogens is 226 g/mol. The second kappa shape index (κ2) is 4.22. The molecule has 1 amide bonds. The highest BCUT2D eigenvalue weighted by atomic mass is 79.9. The first-order valence-corrected chi connectivity index (χ1v) is 4.17. The van der Waals surface area contributed by atoms with Crippen LogP contribution in [-0.2, 0) is 0 Å². The number of nitrogens with zero attached hydrogens (tertiary/aromatic N) is 1. The first-order chi connectivity index (χ1) is 5.74. The monoisotopic (exact) mass is 233 g/mol. The number of hydrogen-bond acceptors (Lipinski definition) is 4. The van der Waals surface area contributed by atoms with Gasteiger partial charge >= 0.3 is 0 Å². The predicted molar refractivity (Wildman–Crippen MR) is 45.3 cm³/mol. The molecule has 0 bridgehead atoms. The minimum Gasteiger partial charge on any atom is -0.439 e. The molecule has 0 aliphatic rings. The number of rotatable bonds is 3. The summed E-state index contributed by atoms with van der Waals surface area (Å²) >= 11 is 2.99. The largest absolute Gasteiger partial charge is 0.439 e. The third-order valence-electron chi connectivity index (χ3n) is 1.09. The Kier molecular flexibility index (Phi) is 3.24. The molecule has 1 rings (SSSR count). The quantitative estimate of drug-likeness (QED) is 0.755. The normalized spacial score (nSPS) is 9.83. The topological polar surface area (TPSA) is 67.2 Å². The zero-order valence-electron chi connectivity index (χ0n) is 6.43. The Morgan fingerprint density at radius 1 is 1.83 bits per heavy atom. The van der Waals surface area contributed by atoms with E-state index in [1.807, 2.05) is 6.92 Å². The summed E-state index contributed by atoms with van der Waals surface area (Å²) in [6.07, 6.45) is 1.27. The highest BCUT2D eigenvalue weighted by Crippen LogP contribution is 2.07. The average Bonchev–Trinajstić information content (AvgIpc) is 2.47. The molecule has 0 aliphatic heterocycles. The first kappa shape index (κ1) is 9.21. The molecule has 0 saturated carbocycles. The van der Waals surface area contributed by atoms with Crippen LogP contribution in [0.25, 0.3) is 0 Å². The summed E-state index contributed by atoms with van der Waals surface area (Å²) in [5.74, 6) is -0.314. The Morgan fingerprint density at radius 3 is 3.08 bits per heavy atom. The molecule has 5 nitrogen and oxygen atoms in total. The van der Waals surface area contributed by atoms with Crippen molar-refractivity contribution in [2.75, 3.05) is 6.54 Å². The molecule has 6 heteroatoms. The van der Waals surface area contributed by atoms with E-state index >= 15 is 0 Å². The van der Waals surface area contributed by atoms with Gasteiger partial charge < -0.3 is 4.42 Å². The standard InChI is InChI=1S/C6H8BrN3O2/c1-2-8-10-5(11)4-3-12-6(7)9-4/h3,8H,2H2,1H3,(H,10,11). The van der Waals surface area contributed by atoms with Gasteiger partial charge in [-0.1, -0.05) is 6.92 Å². The van der Waals surface area contributed by atoms with Crippen LogP contribution in [0.15, 0.2) is 15.5 Å². The van der Waals surface area contributed by atoms with Crippen LogP contribution in [0.4, 0.5) is 0 Å². The van der Waals surface area contributed by atoms with Gasteiger partial charge in [0.1, 0.15) is 6.26 Å². The lowest BCUT2D eigenvalue weighted by Gasteiger charge is -1.99. The average molecular weight is 234 g/mol. The van der Waals surface area contributed by atoms with Crippen LogP contribution in [-0.4, -0.2) is 17.4 Å². The third kappa shape index (κ3) is 2.31. The third-order valence-corrected chi connectivity index (χ3v) is 1.45. The summed E-state index contributed by atoms with van der Waals surface area (Å²) in [4.78, 5) is 15.2. The molecule has 66 valence electrons. The number of halogens is 1. The van der Waals surface area contributed by atoms with Gasteiger partial charge in [-0.05, 0) is 0 Å². The van der Waals surface area contributed by atoms with Crippen molar-refractivity contribution < 1.29 is 9.21 Å². The van der Waals surface area contributed by atoms with Crippen molar-refractivity contribution in [3.63, 3.8) is 0 Å². The van der Waals surface area contributed by atoms with Crippen molar-refractivity contribution in [2.24, 2.45) is 0 Å². The van der Waals surface area contributed by atoms with Crippen molar-refractivity contribution in [3.05, 3.63) is 16.8 Å². The van der Waals surface area contributed by atoms with Gasteiger partial charge in [0.15, 0.2) is 5.69 Å². The Labute approximate surface area is 77.6 Å². The van der Waals surface area contributed by atoms with E-state index in [9.17, 15) is 4.79 Å². The summed E-state index contributed by atoms with van der Waals surface area (Å²) in [5, 5.41) is 0. The molecule has 0 fully saturated rings. The molecule has 0 atom stereocenters. The number of aromatic nitrogens is 1. The molecule has 2 N–H and O–H groups in total. The van der Waals surface area contributed by atoms with Crippen LogP contribution in [0, 0.1) is 0 Å². The predicted octanol–water partition coefficient (Wildman–Crippen LogP) is 0.691. The summed E-state index contributed by atoms with van der Waals surface area (Å²) in [7, 11) is 0. The summed E-state index contributed by atoms with van der Waals surface area (Å²) in [6.45, 7) is 2.53. The van der Waals surface area contributed by atoms with Gasteiger partial charge in [-0.3, -0.25) is 10.2 Å². The fourth-order valence-electron chi connectivity index (χ4n) is 0.589. The molecule has 0 unspecified atom stereocenters. The molecule has 0 saturated heterocycles. The number of amides is 1. The van der Waals surface area contributed by atoms with Gasteiger partial charge in [0.25, 0.3) is 10.7 Å². The number of carbonyl (C=O) groups is 1. The van der Waals surface area contributed by atoms with Crippen molar-refractivity contribution in [1.29, 1.82) is 0 Å². The maximum atomic E-state index is 11.1. The van der Waals surface area contributed by atoms with Crippen LogP contribution < -0.4 is 10.9 Å². The van der Waals surface area contributed by atoms with E-state index in [0.29, 0.717) is 11.3 Å². The van der Waals surface area contributed by atoms with E-state index in [-0.39, 0.29) is 11.6 Å². The molecule has 0 radical (unpaired) electrons. The molecule has 1 aromatic heterocycles. The van der Waals surface area contributed by atoms with Crippen molar-refractivity contribution in [2.45, 2.75) is 6.92 Å². The van der Waals surface area contributed by atoms with Gasteiger partial charge in [0, 0.05) is 22.5 Å². The van der Waals surface area contributed by atoms with E-state index in [1.165, 1.54) is 6.26 Å².